The number of nitrogens with zero attached hydrogens (tertiary/aromatic N) is 1. The van der Waals surface area contributed by atoms with Crippen molar-refractivity contribution in [1.82, 2.24) is 9.97 Å². The average Bonchev–Trinajstić information content (AvgIpc) is 2.76. The molecular formula is C12H9BrN2OS. The Morgan fingerprint density at radius 2 is 2.24 bits per heavy atom. The van der Waals surface area contributed by atoms with Gasteiger partial charge in [-0.05, 0) is 22.0 Å². The molecule has 0 bridgehead atoms. The Kier molecular flexibility index (Phi) is 2.72. The Labute approximate surface area is 112 Å². The van der Waals surface area contributed by atoms with Crippen molar-refractivity contribution in [3.05, 3.63) is 51.0 Å². The first-order valence-corrected chi connectivity index (χ1v) is 6.42. The van der Waals surface area contributed by atoms with Crippen molar-refractivity contribution in [2.45, 2.75) is 5.92 Å². The van der Waals surface area contributed by atoms with Gasteiger partial charge in [0, 0.05) is 11.8 Å². The summed E-state index contributed by atoms with van der Waals surface area (Å²) in [5.41, 5.74) is 1.16. The molecular weight excluding hydrogens is 300 g/mol. The van der Waals surface area contributed by atoms with E-state index in [1.807, 2.05) is 18.2 Å². The minimum Gasteiger partial charge on any atom is -0.492 e. The van der Waals surface area contributed by atoms with Crippen LogP contribution in [0.15, 0.2) is 34.9 Å². The molecule has 0 saturated carbocycles. The van der Waals surface area contributed by atoms with Gasteiger partial charge in [0.05, 0.1) is 10.4 Å². The second kappa shape index (κ2) is 4.23. The lowest BCUT2D eigenvalue weighted by atomic mass is 10.0. The maximum Gasteiger partial charge on any atom is 0.123 e. The van der Waals surface area contributed by atoms with E-state index in [9.17, 15) is 0 Å². The summed E-state index contributed by atoms with van der Waals surface area (Å²) < 4.78 is 7.10. The highest BCUT2D eigenvalue weighted by Crippen LogP contribution is 2.36. The largest absolute Gasteiger partial charge is 0.492 e. The van der Waals surface area contributed by atoms with Crippen LogP contribution in [0.1, 0.15) is 17.3 Å². The molecule has 5 heteroatoms. The second-order valence-corrected chi connectivity index (χ2v) is 5.11. The predicted molar refractivity (Wildman–Crippen MR) is 70.9 cm³/mol. The van der Waals surface area contributed by atoms with Crippen LogP contribution in [0.4, 0.5) is 0 Å². The molecule has 17 heavy (non-hydrogen) atoms. The minimum atomic E-state index is 0.140. The number of benzene rings is 1. The first-order chi connectivity index (χ1) is 8.25. The zero-order chi connectivity index (χ0) is 11.8. The zero-order valence-corrected chi connectivity index (χ0v) is 11.2. The highest BCUT2D eigenvalue weighted by molar-refractivity contribution is 9.10. The van der Waals surface area contributed by atoms with Crippen molar-refractivity contribution >= 4 is 28.1 Å². The lowest BCUT2D eigenvalue weighted by Gasteiger charge is -2.08. The lowest BCUT2D eigenvalue weighted by molar-refractivity contribution is 0.339. The van der Waals surface area contributed by atoms with Gasteiger partial charge in [0.15, 0.2) is 0 Å². The number of H-pyrrole nitrogens is 1. The molecule has 1 aromatic carbocycles. The van der Waals surface area contributed by atoms with Gasteiger partial charge in [-0.15, -0.1) is 0 Å². The van der Waals surface area contributed by atoms with Crippen molar-refractivity contribution in [3.8, 4) is 5.75 Å². The standard InChI is InChI=1S/C12H9BrN2OS/c13-9-5-14-11(15-12(9)17)8-6-16-10-4-2-1-3-7(8)10/h1-5,8H,6H2,(H,14,15,17). The molecule has 2 heterocycles. The number of para-hydroxylation sites is 1. The normalized spacial score (nSPS) is 17.6. The number of hydrogen-bond acceptors (Lipinski definition) is 3. The van der Waals surface area contributed by atoms with Crippen LogP contribution >= 0.6 is 28.1 Å². The third kappa shape index (κ3) is 1.89. The van der Waals surface area contributed by atoms with Gasteiger partial charge in [-0.25, -0.2) is 4.98 Å². The van der Waals surface area contributed by atoms with Gasteiger partial charge < -0.3 is 9.72 Å². The van der Waals surface area contributed by atoms with Gasteiger partial charge in [-0.2, -0.15) is 0 Å². The van der Waals surface area contributed by atoms with E-state index in [1.54, 1.807) is 6.20 Å². The van der Waals surface area contributed by atoms with Crippen molar-refractivity contribution in [2.75, 3.05) is 6.61 Å². The molecule has 1 aliphatic heterocycles. The van der Waals surface area contributed by atoms with Crippen LogP contribution < -0.4 is 4.74 Å². The van der Waals surface area contributed by atoms with Gasteiger partial charge in [-0.1, -0.05) is 30.4 Å². The summed E-state index contributed by atoms with van der Waals surface area (Å²) in [6.07, 6.45) is 1.73. The summed E-state index contributed by atoms with van der Waals surface area (Å²) in [7, 11) is 0. The van der Waals surface area contributed by atoms with E-state index in [0.29, 0.717) is 11.2 Å². The van der Waals surface area contributed by atoms with Gasteiger partial charge >= 0.3 is 0 Å². The Morgan fingerprint density at radius 3 is 3.06 bits per heavy atom. The molecule has 0 radical (unpaired) electrons. The van der Waals surface area contributed by atoms with Crippen LogP contribution in [0, 0.1) is 4.64 Å². The molecule has 1 unspecified atom stereocenters. The highest BCUT2D eigenvalue weighted by Gasteiger charge is 2.26. The van der Waals surface area contributed by atoms with Crippen LogP contribution in [-0.2, 0) is 0 Å². The van der Waals surface area contributed by atoms with Gasteiger partial charge in [0.25, 0.3) is 0 Å². The first kappa shape index (κ1) is 10.9. The number of aromatic amines is 1. The van der Waals surface area contributed by atoms with Gasteiger partial charge in [0.1, 0.15) is 22.8 Å². The van der Waals surface area contributed by atoms with E-state index >= 15 is 0 Å². The van der Waals surface area contributed by atoms with Gasteiger partial charge in [-0.3, -0.25) is 0 Å². The van der Waals surface area contributed by atoms with Gasteiger partial charge in [0.2, 0.25) is 0 Å². The molecule has 1 atom stereocenters. The summed E-state index contributed by atoms with van der Waals surface area (Å²) in [5.74, 6) is 1.92. The number of fused-ring (bicyclic) bond motifs is 1. The van der Waals surface area contributed by atoms with Crippen molar-refractivity contribution in [2.24, 2.45) is 0 Å². The summed E-state index contributed by atoms with van der Waals surface area (Å²) in [4.78, 5) is 7.51. The fourth-order valence-corrected chi connectivity index (χ4v) is 2.32. The van der Waals surface area contributed by atoms with Crippen LogP contribution in [0.25, 0.3) is 0 Å². The lowest BCUT2D eigenvalue weighted by Crippen LogP contribution is -2.07. The van der Waals surface area contributed by atoms with E-state index in [2.05, 4.69) is 32.0 Å². The number of nitrogens with one attached hydrogen (secondary N) is 1. The van der Waals surface area contributed by atoms with Crippen molar-refractivity contribution < 1.29 is 4.74 Å². The van der Waals surface area contributed by atoms with E-state index < -0.39 is 0 Å². The van der Waals surface area contributed by atoms with Crippen LogP contribution in [0.3, 0.4) is 0 Å². The van der Waals surface area contributed by atoms with Crippen molar-refractivity contribution in [1.29, 1.82) is 0 Å². The fourth-order valence-electron chi connectivity index (χ4n) is 1.96. The van der Waals surface area contributed by atoms with Crippen molar-refractivity contribution in [3.63, 3.8) is 0 Å². The molecule has 0 amide bonds. The molecule has 1 N–H and O–H groups in total. The summed E-state index contributed by atoms with van der Waals surface area (Å²) >= 11 is 8.53. The minimum absolute atomic E-state index is 0.140. The highest BCUT2D eigenvalue weighted by atomic mass is 79.9. The smallest absolute Gasteiger partial charge is 0.123 e. The summed E-state index contributed by atoms with van der Waals surface area (Å²) in [6.45, 7) is 0.610. The fraction of sp³-hybridized carbons (Fsp3) is 0.167. The maximum atomic E-state index is 5.63. The SMILES string of the molecule is S=c1[nH]c(C2COc3ccccc32)ncc1Br. The maximum absolute atomic E-state index is 5.63. The number of hydrogen-bond donors (Lipinski definition) is 1. The Morgan fingerprint density at radius 1 is 1.41 bits per heavy atom. The molecule has 0 aliphatic carbocycles. The quantitative estimate of drug-likeness (QED) is 0.820. The number of ether oxygens (including phenoxy) is 1. The number of aromatic nitrogens is 2. The van der Waals surface area contributed by atoms with Crippen LogP contribution in [0.5, 0.6) is 5.75 Å². The Hall–Kier alpha value is -1.20. The van der Waals surface area contributed by atoms with Crippen LogP contribution in [-0.4, -0.2) is 16.6 Å². The topological polar surface area (TPSA) is 37.9 Å². The Balaban J connectivity index is 2.07. The zero-order valence-electron chi connectivity index (χ0n) is 8.81. The molecule has 1 aliphatic rings. The van der Waals surface area contributed by atoms with E-state index in [-0.39, 0.29) is 5.92 Å². The molecule has 0 fully saturated rings. The molecule has 2 aromatic rings. The molecule has 3 rings (SSSR count). The molecule has 0 spiro atoms. The van der Waals surface area contributed by atoms with E-state index in [1.165, 1.54) is 0 Å². The predicted octanol–water partition coefficient (Wildman–Crippen LogP) is 3.43. The van der Waals surface area contributed by atoms with E-state index in [4.69, 9.17) is 17.0 Å². The summed E-state index contributed by atoms with van der Waals surface area (Å²) in [6, 6.07) is 8.02. The van der Waals surface area contributed by atoms with E-state index in [0.717, 1.165) is 21.6 Å². The third-order valence-corrected chi connectivity index (χ3v) is 3.99. The Bertz CT molecular complexity index is 626. The third-order valence-electron chi connectivity index (χ3n) is 2.81. The molecule has 3 nitrogen and oxygen atoms in total. The number of halogens is 1. The molecule has 86 valence electrons. The van der Waals surface area contributed by atoms with Crippen LogP contribution in [0.2, 0.25) is 0 Å². The first-order valence-electron chi connectivity index (χ1n) is 5.22. The molecule has 0 saturated heterocycles. The monoisotopic (exact) mass is 308 g/mol. The second-order valence-electron chi connectivity index (χ2n) is 3.85. The average molecular weight is 309 g/mol. The molecule has 1 aromatic heterocycles. The number of rotatable bonds is 1. The summed E-state index contributed by atoms with van der Waals surface area (Å²) in [5, 5.41) is 0.